The first-order valence-electron chi connectivity index (χ1n) is 6.94. The predicted octanol–water partition coefficient (Wildman–Crippen LogP) is 3.59. The van der Waals surface area contributed by atoms with E-state index in [1.165, 1.54) is 23.5 Å². The van der Waals surface area contributed by atoms with Crippen molar-refractivity contribution in [2.24, 2.45) is 5.84 Å². The third-order valence-corrected chi connectivity index (χ3v) is 4.72. The van der Waals surface area contributed by atoms with Crippen LogP contribution in [0.2, 0.25) is 0 Å². The van der Waals surface area contributed by atoms with Gasteiger partial charge in [-0.2, -0.15) is 0 Å². The Morgan fingerprint density at radius 1 is 1.30 bits per heavy atom. The van der Waals surface area contributed by atoms with Crippen LogP contribution < -0.4 is 16.6 Å². The van der Waals surface area contributed by atoms with Gasteiger partial charge >= 0.3 is 0 Å². The van der Waals surface area contributed by atoms with E-state index >= 15 is 0 Å². The number of carbonyl (C=O) groups is 1. The summed E-state index contributed by atoms with van der Waals surface area (Å²) >= 11 is 1.40. The Morgan fingerprint density at radius 3 is 2.74 bits per heavy atom. The molecule has 0 aliphatic carbocycles. The number of nitrogens with one attached hydrogen (secondary N) is 2. The first-order valence-corrected chi connectivity index (χ1v) is 7.76. The molecule has 7 heteroatoms. The number of aromatic nitrogens is 1. The number of carbonyl (C=O) groups excluding carboxylic acids is 1. The maximum absolute atomic E-state index is 13.8. The van der Waals surface area contributed by atoms with Gasteiger partial charge in [-0.05, 0) is 43.2 Å². The van der Waals surface area contributed by atoms with Gasteiger partial charge < -0.3 is 5.32 Å². The summed E-state index contributed by atoms with van der Waals surface area (Å²) in [5, 5.41) is 3.40. The molecule has 1 aromatic heterocycles. The van der Waals surface area contributed by atoms with Gasteiger partial charge in [0, 0.05) is 5.69 Å². The monoisotopic (exact) mass is 330 g/mol. The van der Waals surface area contributed by atoms with Crippen LogP contribution in [-0.4, -0.2) is 10.9 Å². The van der Waals surface area contributed by atoms with E-state index in [1.54, 1.807) is 12.1 Å². The fourth-order valence-corrected chi connectivity index (χ4v) is 3.33. The molecule has 0 saturated heterocycles. The van der Waals surface area contributed by atoms with E-state index in [0.717, 1.165) is 21.3 Å². The molecule has 0 aliphatic heterocycles. The average Bonchev–Trinajstić information content (AvgIpc) is 2.95. The van der Waals surface area contributed by atoms with Gasteiger partial charge in [0.1, 0.15) is 5.82 Å². The zero-order valence-corrected chi connectivity index (χ0v) is 13.4. The molecule has 0 radical (unpaired) electrons. The molecule has 0 unspecified atom stereocenters. The third kappa shape index (κ3) is 2.76. The third-order valence-electron chi connectivity index (χ3n) is 3.60. The fraction of sp³-hybridized carbons (Fsp3) is 0.125. The lowest BCUT2D eigenvalue weighted by Crippen LogP contribution is -2.15. The van der Waals surface area contributed by atoms with Crippen molar-refractivity contribution in [3.05, 3.63) is 52.8 Å². The lowest BCUT2D eigenvalue weighted by atomic mass is 10.1. The van der Waals surface area contributed by atoms with Crippen LogP contribution in [0, 0.1) is 19.7 Å². The summed E-state index contributed by atoms with van der Waals surface area (Å²) < 4.78 is 14.7. The van der Waals surface area contributed by atoms with Crippen molar-refractivity contribution in [2.45, 2.75) is 13.8 Å². The summed E-state index contributed by atoms with van der Waals surface area (Å²) in [6, 6.07) is 7.77. The molecular formula is C16H15FN4OS. The standard InChI is InChI=1S/C16H15FN4OS/c1-8-7-12-14(23-16(19-12)21-18)9(2)13(8)20-15(22)10-5-3-4-6-11(10)17/h3-7H,18H2,1-2H3,(H,19,21)(H,20,22). The minimum absolute atomic E-state index is 0.0139. The molecular weight excluding hydrogens is 315 g/mol. The highest BCUT2D eigenvalue weighted by atomic mass is 32.1. The van der Waals surface area contributed by atoms with Crippen molar-refractivity contribution >= 4 is 38.3 Å². The summed E-state index contributed by atoms with van der Waals surface area (Å²) in [5.74, 6) is 4.38. The fourth-order valence-electron chi connectivity index (χ4n) is 2.47. The molecule has 3 rings (SSSR count). The summed E-state index contributed by atoms with van der Waals surface area (Å²) in [7, 11) is 0. The number of hydrazine groups is 1. The van der Waals surface area contributed by atoms with Crippen LogP contribution in [0.15, 0.2) is 30.3 Å². The maximum atomic E-state index is 13.8. The first-order chi connectivity index (χ1) is 11.0. The number of thiazole rings is 1. The van der Waals surface area contributed by atoms with E-state index in [0.29, 0.717) is 10.8 Å². The highest BCUT2D eigenvalue weighted by Crippen LogP contribution is 2.35. The highest BCUT2D eigenvalue weighted by molar-refractivity contribution is 7.22. The molecule has 0 saturated carbocycles. The Kier molecular flexibility index (Phi) is 3.97. The molecule has 0 atom stereocenters. The van der Waals surface area contributed by atoms with E-state index in [4.69, 9.17) is 5.84 Å². The lowest BCUT2D eigenvalue weighted by Gasteiger charge is -2.12. The van der Waals surface area contributed by atoms with Gasteiger partial charge in [0.2, 0.25) is 0 Å². The number of nitrogens with two attached hydrogens (primary N) is 1. The van der Waals surface area contributed by atoms with E-state index in [1.807, 2.05) is 19.9 Å². The molecule has 23 heavy (non-hydrogen) atoms. The number of rotatable bonds is 3. The van der Waals surface area contributed by atoms with Crippen LogP contribution in [0.4, 0.5) is 15.2 Å². The molecule has 0 bridgehead atoms. The molecule has 1 heterocycles. The van der Waals surface area contributed by atoms with Crippen LogP contribution in [0.3, 0.4) is 0 Å². The Bertz CT molecular complexity index is 906. The van der Waals surface area contributed by atoms with Gasteiger partial charge in [-0.15, -0.1) is 0 Å². The van der Waals surface area contributed by atoms with Gasteiger partial charge in [0.25, 0.3) is 5.91 Å². The number of hydrogen-bond acceptors (Lipinski definition) is 5. The normalized spacial score (nSPS) is 10.8. The van der Waals surface area contributed by atoms with E-state index in [-0.39, 0.29) is 5.56 Å². The Morgan fingerprint density at radius 2 is 2.04 bits per heavy atom. The van der Waals surface area contributed by atoms with Crippen LogP contribution in [0.1, 0.15) is 21.5 Å². The van der Waals surface area contributed by atoms with Gasteiger partial charge in [0.15, 0.2) is 5.13 Å². The SMILES string of the molecule is Cc1cc2nc(NN)sc2c(C)c1NC(=O)c1ccccc1F. The van der Waals surface area contributed by atoms with Gasteiger partial charge in [-0.1, -0.05) is 23.5 Å². The zero-order valence-electron chi connectivity index (χ0n) is 12.6. The lowest BCUT2D eigenvalue weighted by molar-refractivity contribution is 0.102. The maximum Gasteiger partial charge on any atom is 0.258 e. The second-order valence-corrected chi connectivity index (χ2v) is 6.14. The molecule has 118 valence electrons. The first kappa shape index (κ1) is 15.4. The molecule has 4 N–H and O–H groups in total. The van der Waals surface area contributed by atoms with Crippen molar-refractivity contribution in [1.82, 2.24) is 4.98 Å². The predicted molar refractivity (Wildman–Crippen MR) is 91.3 cm³/mol. The van der Waals surface area contributed by atoms with Gasteiger partial charge in [-0.25, -0.2) is 15.2 Å². The van der Waals surface area contributed by atoms with Crippen LogP contribution >= 0.6 is 11.3 Å². The smallest absolute Gasteiger partial charge is 0.258 e. The Labute approximate surface area is 136 Å². The summed E-state index contributed by atoms with van der Waals surface area (Å²) in [5.41, 5.74) is 5.75. The van der Waals surface area contributed by atoms with Gasteiger partial charge in [0.05, 0.1) is 15.8 Å². The number of fused-ring (bicyclic) bond motifs is 1. The number of hydrogen-bond donors (Lipinski definition) is 3. The van der Waals surface area contributed by atoms with Crippen molar-refractivity contribution in [1.29, 1.82) is 0 Å². The van der Waals surface area contributed by atoms with E-state index in [2.05, 4.69) is 15.7 Å². The molecule has 3 aromatic rings. The Hall–Kier alpha value is -2.51. The number of amides is 1. The van der Waals surface area contributed by atoms with Crippen molar-refractivity contribution in [2.75, 3.05) is 10.7 Å². The number of nitrogens with zero attached hydrogens (tertiary/aromatic N) is 1. The minimum Gasteiger partial charge on any atom is -0.321 e. The number of aryl methyl sites for hydroxylation is 2. The topological polar surface area (TPSA) is 80.0 Å². The Balaban J connectivity index is 2.03. The number of halogens is 1. The molecule has 0 spiro atoms. The van der Waals surface area contributed by atoms with Crippen LogP contribution in [0.25, 0.3) is 10.2 Å². The molecule has 0 fully saturated rings. The van der Waals surface area contributed by atoms with Crippen molar-refractivity contribution < 1.29 is 9.18 Å². The van der Waals surface area contributed by atoms with Crippen LogP contribution in [0.5, 0.6) is 0 Å². The minimum atomic E-state index is -0.547. The van der Waals surface area contributed by atoms with Gasteiger partial charge in [-0.3, -0.25) is 10.2 Å². The second kappa shape index (κ2) is 5.94. The van der Waals surface area contributed by atoms with Crippen molar-refractivity contribution in [3.8, 4) is 0 Å². The summed E-state index contributed by atoms with van der Waals surface area (Å²) in [4.78, 5) is 16.7. The number of benzene rings is 2. The average molecular weight is 330 g/mol. The molecule has 2 aromatic carbocycles. The van der Waals surface area contributed by atoms with E-state index < -0.39 is 11.7 Å². The molecule has 5 nitrogen and oxygen atoms in total. The second-order valence-electron chi connectivity index (χ2n) is 5.14. The summed E-state index contributed by atoms with van der Waals surface area (Å²) in [6.45, 7) is 3.77. The van der Waals surface area contributed by atoms with E-state index in [9.17, 15) is 9.18 Å². The largest absolute Gasteiger partial charge is 0.321 e. The number of nitrogen functional groups attached to an aromatic ring is 1. The highest BCUT2D eigenvalue weighted by Gasteiger charge is 2.16. The van der Waals surface area contributed by atoms with Crippen molar-refractivity contribution in [3.63, 3.8) is 0 Å². The summed E-state index contributed by atoms with van der Waals surface area (Å²) in [6.07, 6.45) is 0. The quantitative estimate of drug-likeness (QED) is 0.506. The van der Waals surface area contributed by atoms with Crippen LogP contribution in [-0.2, 0) is 0 Å². The molecule has 0 aliphatic rings. The molecule has 1 amide bonds. The zero-order chi connectivity index (χ0) is 16.6. The number of anilines is 2.